The summed E-state index contributed by atoms with van der Waals surface area (Å²) < 4.78 is 14.6. The molecule has 0 radical (unpaired) electrons. The Morgan fingerprint density at radius 3 is 2.67 bits per heavy atom. The van der Waals surface area contributed by atoms with Gasteiger partial charge >= 0.3 is 0 Å². The van der Waals surface area contributed by atoms with Gasteiger partial charge in [0.1, 0.15) is 16.4 Å². The molecule has 12 heteroatoms. The Kier molecular flexibility index (Phi) is 7.74. The zero-order chi connectivity index (χ0) is 24.0. The Morgan fingerprint density at radius 2 is 2.09 bits per heavy atom. The minimum Gasteiger partial charge on any atom is -0.464 e. The second-order valence-electron chi connectivity index (χ2n) is 7.07. The van der Waals surface area contributed by atoms with Crippen LogP contribution in [0.2, 0.25) is 0 Å². The molecule has 0 aromatic carbocycles. The molecule has 5 N–H and O–H groups in total. The number of rotatable bonds is 10. The van der Waals surface area contributed by atoms with Crippen LogP contribution in [0, 0.1) is 6.92 Å². The van der Waals surface area contributed by atoms with Crippen molar-refractivity contribution in [2.45, 2.75) is 19.5 Å². The minimum absolute atomic E-state index is 0.00865. The number of nitrogen functional groups attached to an aromatic ring is 1. The van der Waals surface area contributed by atoms with Crippen molar-refractivity contribution in [1.29, 1.82) is 0 Å². The summed E-state index contributed by atoms with van der Waals surface area (Å²) in [5.41, 5.74) is 11.6. The van der Waals surface area contributed by atoms with E-state index in [0.717, 1.165) is 11.5 Å². The lowest BCUT2D eigenvalue weighted by molar-refractivity contribution is -0.126. The zero-order valence-corrected chi connectivity index (χ0v) is 18.9. The summed E-state index contributed by atoms with van der Waals surface area (Å²) in [6.07, 6.45) is 3.18. The van der Waals surface area contributed by atoms with E-state index in [-0.39, 0.29) is 41.7 Å². The molecule has 0 saturated heterocycles. The van der Waals surface area contributed by atoms with Crippen LogP contribution < -0.4 is 16.8 Å². The summed E-state index contributed by atoms with van der Waals surface area (Å²) in [6, 6.07) is 5.68. The third kappa shape index (κ3) is 5.54. The number of hydrogen-bond acceptors (Lipinski definition) is 9. The van der Waals surface area contributed by atoms with Crippen LogP contribution in [-0.2, 0) is 16.1 Å². The van der Waals surface area contributed by atoms with Crippen LogP contribution in [0.5, 0.6) is 0 Å². The van der Waals surface area contributed by atoms with Crippen molar-refractivity contribution in [2.24, 2.45) is 5.73 Å². The van der Waals surface area contributed by atoms with Crippen LogP contribution in [0.25, 0.3) is 0 Å². The monoisotopic (exact) mass is 472 g/mol. The molecule has 11 nitrogen and oxygen atoms in total. The molecule has 3 aromatic heterocycles. The van der Waals surface area contributed by atoms with Gasteiger partial charge in [-0.05, 0) is 42.2 Å². The van der Waals surface area contributed by atoms with Gasteiger partial charge in [0.2, 0.25) is 0 Å². The van der Waals surface area contributed by atoms with E-state index < -0.39 is 23.8 Å². The third-order valence-corrected chi connectivity index (χ3v) is 5.54. The van der Waals surface area contributed by atoms with Crippen molar-refractivity contribution in [3.8, 4) is 0 Å². The van der Waals surface area contributed by atoms with Gasteiger partial charge in [0.25, 0.3) is 17.7 Å². The van der Waals surface area contributed by atoms with Gasteiger partial charge in [-0.1, -0.05) is 6.07 Å². The molecule has 1 atom stereocenters. The third-order valence-electron chi connectivity index (χ3n) is 4.69. The molecule has 3 heterocycles. The molecule has 0 saturated carbocycles. The number of nitrogens with two attached hydrogens (primary N) is 2. The van der Waals surface area contributed by atoms with Gasteiger partial charge in [-0.15, -0.1) is 0 Å². The number of ether oxygens (including phenoxy) is 1. The quantitative estimate of drug-likeness (QED) is 0.371. The molecule has 0 aliphatic rings. The molecule has 1 unspecified atom stereocenters. The average molecular weight is 473 g/mol. The Morgan fingerprint density at radius 1 is 1.30 bits per heavy atom. The maximum atomic E-state index is 13.7. The van der Waals surface area contributed by atoms with E-state index >= 15 is 0 Å². The topological polar surface area (TPSA) is 167 Å². The van der Waals surface area contributed by atoms with E-state index in [1.54, 1.807) is 43.6 Å². The van der Waals surface area contributed by atoms with Crippen LogP contribution in [0.4, 0.5) is 5.69 Å². The zero-order valence-electron chi connectivity index (χ0n) is 18.1. The van der Waals surface area contributed by atoms with Gasteiger partial charge < -0.3 is 30.8 Å². The predicted molar refractivity (Wildman–Crippen MR) is 120 cm³/mol. The van der Waals surface area contributed by atoms with Gasteiger partial charge in [-0.25, -0.2) is 0 Å². The maximum Gasteiger partial charge on any atom is 0.270 e. The van der Waals surface area contributed by atoms with Crippen molar-refractivity contribution in [3.63, 3.8) is 0 Å². The van der Waals surface area contributed by atoms with Crippen LogP contribution >= 0.6 is 11.5 Å². The second kappa shape index (κ2) is 10.7. The van der Waals surface area contributed by atoms with E-state index in [9.17, 15) is 14.4 Å². The fourth-order valence-electron chi connectivity index (χ4n) is 3.13. The highest BCUT2D eigenvalue weighted by Gasteiger charge is 2.36. The van der Waals surface area contributed by atoms with Crippen LogP contribution in [0.3, 0.4) is 0 Å². The van der Waals surface area contributed by atoms with Crippen molar-refractivity contribution < 1.29 is 23.5 Å². The number of aryl methyl sites for hydroxylation is 1. The molecule has 3 amide bonds. The Hall–Kier alpha value is -3.77. The van der Waals surface area contributed by atoms with Gasteiger partial charge in [0.15, 0.2) is 11.7 Å². The van der Waals surface area contributed by atoms with Crippen molar-refractivity contribution in [1.82, 2.24) is 19.6 Å². The Labute approximate surface area is 193 Å². The van der Waals surface area contributed by atoms with E-state index in [0.29, 0.717) is 11.3 Å². The summed E-state index contributed by atoms with van der Waals surface area (Å²) in [6.45, 7) is 2.26. The molecule has 0 bridgehead atoms. The highest BCUT2D eigenvalue weighted by Crippen LogP contribution is 2.31. The first kappa shape index (κ1) is 23.9. The standard InChI is InChI=1S/C21H24N6O5S/c1-12-5-6-14(32-12)17(20(29)25-8-9-31-2)27(11-13-4-3-7-24-10-13)21(30)18-15(22)16(19(23)28)26-33-18/h3-7,10,17H,8-9,11,22H2,1-2H3,(H2,23,28)(H,25,29). The molecule has 33 heavy (non-hydrogen) atoms. The SMILES string of the molecule is COCCNC(=O)C(c1ccc(C)o1)N(Cc1cccnc1)C(=O)c1snc(C(N)=O)c1N. The largest absolute Gasteiger partial charge is 0.464 e. The smallest absolute Gasteiger partial charge is 0.270 e. The number of carbonyl (C=O) groups excluding carboxylic acids is 3. The summed E-state index contributed by atoms with van der Waals surface area (Å²) in [5.74, 6) is -1.10. The fourth-order valence-corrected chi connectivity index (χ4v) is 3.89. The summed E-state index contributed by atoms with van der Waals surface area (Å²) in [5, 5.41) is 2.75. The minimum atomic E-state index is -1.14. The molecular weight excluding hydrogens is 448 g/mol. The van der Waals surface area contributed by atoms with Crippen molar-refractivity contribution in [3.05, 3.63) is 64.3 Å². The van der Waals surface area contributed by atoms with Crippen molar-refractivity contribution in [2.75, 3.05) is 26.0 Å². The van der Waals surface area contributed by atoms with E-state index in [1.807, 2.05) is 0 Å². The fraction of sp³-hybridized carbons (Fsp3) is 0.286. The average Bonchev–Trinajstić information content (AvgIpc) is 3.39. The van der Waals surface area contributed by atoms with E-state index in [4.69, 9.17) is 20.6 Å². The first-order valence-corrected chi connectivity index (χ1v) is 10.7. The van der Waals surface area contributed by atoms with Gasteiger partial charge in [0.05, 0.1) is 12.3 Å². The number of aromatic nitrogens is 2. The van der Waals surface area contributed by atoms with Crippen LogP contribution in [0.1, 0.15) is 43.3 Å². The molecule has 0 fully saturated rings. The number of carbonyl (C=O) groups is 3. The first-order valence-electron chi connectivity index (χ1n) is 9.91. The van der Waals surface area contributed by atoms with Crippen LogP contribution in [-0.4, -0.2) is 52.2 Å². The van der Waals surface area contributed by atoms with Crippen LogP contribution in [0.15, 0.2) is 41.1 Å². The normalized spacial score (nSPS) is 11.7. The summed E-state index contributed by atoms with van der Waals surface area (Å²) in [7, 11) is 1.51. The first-order chi connectivity index (χ1) is 15.8. The molecular formula is C21H24N6O5S. The highest BCUT2D eigenvalue weighted by atomic mass is 32.1. The number of furan rings is 1. The molecule has 0 spiro atoms. The van der Waals surface area contributed by atoms with Gasteiger partial charge in [0, 0.05) is 32.6 Å². The highest BCUT2D eigenvalue weighted by molar-refractivity contribution is 7.09. The number of nitrogens with one attached hydrogen (secondary N) is 1. The lowest BCUT2D eigenvalue weighted by Crippen LogP contribution is -2.44. The molecule has 0 aliphatic heterocycles. The molecule has 0 aliphatic carbocycles. The number of primary amides is 1. The Bertz CT molecular complexity index is 1130. The Balaban J connectivity index is 2.06. The van der Waals surface area contributed by atoms with Crippen molar-refractivity contribution >= 4 is 34.9 Å². The second-order valence-corrected chi connectivity index (χ2v) is 7.84. The van der Waals surface area contributed by atoms with Gasteiger partial charge in [-0.2, -0.15) is 4.37 Å². The molecule has 3 aromatic rings. The molecule has 174 valence electrons. The lowest BCUT2D eigenvalue weighted by Gasteiger charge is -2.29. The number of methoxy groups -OCH3 is 1. The van der Waals surface area contributed by atoms with E-state index in [2.05, 4.69) is 14.7 Å². The van der Waals surface area contributed by atoms with Gasteiger partial charge in [-0.3, -0.25) is 19.4 Å². The van der Waals surface area contributed by atoms with E-state index in [1.165, 1.54) is 12.0 Å². The summed E-state index contributed by atoms with van der Waals surface area (Å²) >= 11 is 0.738. The number of amides is 3. The number of nitrogens with zero attached hydrogens (tertiary/aromatic N) is 3. The number of pyridine rings is 1. The lowest BCUT2D eigenvalue weighted by atomic mass is 10.1. The number of hydrogen-bond donors (Lipinski definition) is 3. The maximum absolute atomic E-state index is 13.7. The predicted octanol–water partition coefficient (Wildman–Crippen LogP) is 1.27. The summed E-state index contributed by atoms with van der Waals surface area (Å²) in [4.78, 5) is 43.9. The number of anilines is 1. The molecule has 3 rings (SSSR count).